The summed E-state index contributed by atoms with van der Waals surface area (Å²) in [5.41, 5.74) is 3.45. The van der Waals surface area contributed by atoms with Crippen LogP contribution >= 0.6 is 11.6 Å². The van der Waals surface area contributed by atoms with Gasteiger partial charge >= 0.3 is 5.97 Å². The fraction of sp³-hybridized carbons (Fsp3) is 0.222. The first kappa shape index (κ1) is 26.6. The van der Waals surface area contributed by atoms with E-state index in [4.69, 9.17) is 30.5 Å². The average Bonchev–Trinajstić information content (AvgIpc) is 2.87. The van der Waals surface area contributed by atoms with Crippen molar-refractivity contribution in [3.63, 3.8) is 0 Å². The highest BCUT2D eigenvalue weighted by Crippen LogP contribution is 2.29. The van der Waals surface area contributed by atoms with Crippen molar-refractivity contribution in [2.24, 2.45) is 5.10 Å². The van der Waals surface area contributed by atoms with E-state index in [1.54, 1.807) is 73.7 Å². The predicted octanol–water partition coefficient (Wildman–Crippen LogP) is 5.27. The molecule has 0 fully saturated rings. The highest BCUT2D eigenvalue weighted by molar-refractivity contribution is 6.30. The second kappa shape index (κ2) is 13.2. The van der Waals surface area contributed by atoms with Crippen LogP contribution in [0, 0.1) is 0 Å². The van der Waals surface area contributed by atoms with Crippen LogP contribution in [-0.4, -0.2) is 37.4 Å². The molecule has 0 heterocycles. The van der Waals surface area contributed by atoms with Crippen molar-refractivity contribution in [2.75, 3.05) is 13.2 Å². The molecule has 9 heteroatoms. The van der Waals surface area contributed by atoms with E-state index < -0.39 is 18.0 Å². The average molecular weight is 511 g/mol. The van der Waals surface area contributed by atoms with Gasteiger partial charge in [0.1, 0.15) is 11.5 Å². The summed E-state index contributed by atoms with van der Waals surface area (Å²) in [4.78, 5) is 24.8. The molecular weight excluding hydrogens is 484 g/mol. The van der Waals surface area contributed by atoms with Gasteiger partial charge in [0.2, 0.25) is 0 Å². The summed E-state index contributed by atoms with van der Waals surface area (Å²) in [6.45, 7) is 6.22. The molecule has 0 saturated carbocycles. The Kier molecular flexibility index (Phi) is 9.71. The Labute approximate surface area is 214 Å². The first-order valence-electron chi connectivity index (χ1n) is 11.4. The van der Waals surface area contributed by atoms with E-state index in [2.05, 4.69) is 10.5 Å². The van der Waals surface area contributed by atoms with Crippen molar-refractivity contribution >= 4 is 29.7 Å². The first-order valence-corrected chi connectivity index (χ1v) is 11.7. The number of hydrogen-bond donors (Lipinski definition) is 1. The molecule has 0 bridgehead atoms. The van der Waals surface area contributed by atoms with E-state index in [9.17, 15) is 9.59 Å². The molecule has 1 amide bonds. The summed E-state index contributed by atoms with van der Waals surface area (Å²) in [6.07, 6.45) is 0.680. The van der Waals surface area contributed by atoms with Crippen LogP contribution in [0.3, 0.4) is 0 Å². The van der Waals surface area contributed by atoms with Crippen LogP contribution in [0.15, 0.2) is 71.8 Å². The summed E-state index contributed by atoms with van der Waals surface area (Å²) < 4.78 is 22.1. The maximum absolute atomic E-state index is 12.6. The third-order valence-electron chi connectivity index (χ3n) is 4.76. The lowest BCUT2D eigenvalue weighted by atomic mass is 10.2. The Balaban J connectivity index is 1.61. The monoisotopic (exact) mass is 510 g/mol. The molecule has 0 aliphatic rings. The number of hydrogen-bond acceptors (Lipinski definition) is 7. The zero-order chi connectivity index (χ0) is 25.9. The highest BCUT2D eigenvalue weighted by Gasteiger charge is 2.15. The number of hydrazone groups is 1. The van der Waals surface area contributed by atoms with Crippen molar-refractivity contribution in [1.82, 2.24) is 5.43 Å². The van der Waals surface area contributed by atoms with Gasteiger partial charge in [-0.25, -0.2) is 10.2 Å². The Morgan fingerprint density at radius 2 is 1.58 bits per heavy atom. The minimum Gasteiger partial charge on any atom is -0.494 e. The Bertz CT molecular complexity index is 1200. The molecule has 8 nitrogen and oxygen atoms in total. The Morgan fingerprint density at radius 1 is 0.917 bits per heavy atom. The number of ether oxygens (including phenoxy) is 4. The molecule has 1 atom stereocenters. The SMILES string of the molecule is CCOc1ccc(C(=O)Oc2ccc(/C=N/NC(=O)C(C)Oc3ccc(Cl)cc3)cc2OCC)cc1. The highest BCUT2D eigenvalue weighted by atomic mass is 35.5. The number of nitrogens with zero attached hydrogens (tertiary/aromatic N) is 1. The molecule has 0 radical (unpaired) electrons. The summed E-state index contributed by atoms with van der Waals surface area (Å²) >= 11 is 5.85. The molecule has 3 aromatic rings. The standard InChI is InChI=1S/C27H27ClN2O6/c1-4-33-22-11-7-20(8-12-22)27(32)36-24-15-6-19(16-25(24)34-5-2)17-29-30-26(31)18(3)35-23-13-9-21(28)10-14-23/h6-18H,4-5H2,1-3H3,(H,30,31)/b29-17+. The lowest BCUT2D eigenvalue weighted by molar-refractivity contribution is -0.127. The molecule has 3 aromatic carbocycles. The predicted molar refractivity (Wildman–Crippen MR) is 137 cm³/mol. The van der Waals surface area contributed by atoms with Crippen molar-refractivity contribution in [3.8, 4) is 23.0 Å². The van der Waals surface area contributed by atoms with Gasteiger partial charge in [0.15, 0.2) is 17.6 Å². The van der Waals surface area contributed by atoms with Crippen LogP contribution in [0.2, 0.25) is 5.02 Å². The van der Waals surface area contributed by atoms with Gasteiger partial charge in [0, 0.05) is 5.02 Å². The number of carbonyl (C=O) groups excluding carboxylic acids is 2. The van der Waals surface area contributed by atoms with Crippen LogP contribution in [0.1, 0.15) is 36.7 Å². The topological polar surface area (TPSA) is 95.5 Å². The second-order valence-electron chi connectivity index (χ2n) is 7.43. The number of carbonyl (C=O) groups is 2. The van der Waals surface area contributed by atoms with E-state index in [0.29, 0.717) is 46.6 Å². The van der Waals surface area contributed by atoms with E-state index in [-0.39, 0.29) is 5.75 Å². The maximum Gasteiger partial charge on any atom is 0.343 e. The fourth-order valence-corrected chi connectivity index (χ4v) is 3.13. The molecule has 0 aliphatic carbocycles. The number of nitrogens with one attached hydrogen (secondary N) is 1. The zero-order valence-electron chi connectivity index (χ0n) is 20.2. The van der Waals surface area contributed by atoms with Crippen molar-refractivity contribution in [1.29, 1.82) is 0 Å². The number of halogens is 1. The van der Waals surface area contributed by atoms with Crippen molar-refractivity contribution in [3.05, 3.63) is 82.9 Å². The van der Waals surface area contributed by atoms with Gasteiger partial charge in [-0.2, -0.15) is 5.10 Å². The van der Waals surface area contributed by atoms with E-state index in [1.165, 1.54) is 6.21 Å². The van der Waals surface area contributed by atoms with Crippen LogP contribution in [0.4, 0.5) is 0 Å². The number of amides is 1. The van der Waals surface area contributed by atoms with Gasteiger partial charge in [-0.3, -0.25) is 4.79 Å². The fourth-order valence-electron chi connectivity index (χ4n) is 3.00. The Morgan fingerprint density at radius 3 is 2.25 bits per heavy atom. The zero-order valence-corrected chi connectivity index (χ0v) is 21.0. The second-order valence-corrected chi connectivity index (χ2v) is 7.87. The summed E-state index contributed by atoms with van der Waals surface area (Å²) in [7, 11) is 0. The Hall–Kier alpha value is -4.04. The van der Waals surface area contributed by atoms with Crippen LogP contribution in [-0.2, 0) is 4.79 Å². The molecule has 0 aliphatic heterocycles. The van der Waals surface area contributed by atoms with Crippen LogP contribution in [0.5, 0.6) is 23.0 Å². The summed E-state index contributed by atoms with van der Waals surface area (Å²) in [5.74, 6) is 0.872. The largest absolute Gasteiger partial charge is 0.494 e. The smallest absolute Gasteiger partial charge is 0.343 e. The maximum atomic E-state index is 12.6. The van der Waals surface area contributed by atoms with E-state index in [0.717, 1.165) is 0 Å². The normalized spacial score (nSPS) is 11.6. The molecule has 0 aromatic heterocycles. The van der Waals surface area contributed by atoms with Crippen molar-refractivity contribution < 1.29 is 28.5 Å². The summed E-state index contributed by atoms with van der Waals surface area (Å²) in [5, 5.41) is 4.56. The third-order valence-corrected chi connectivity index (χ3v) is 5.01. The molecule has 36 heavy (non-hydrogen) atoms. The molecule has 1 unspecified atom stereocenters. The molecule has 188 valence electrons. The molecule has 0 spiro atoms. The lowest BCUT2D eigenvalue weighted by Crippen LogP contribution is -2.33. The molecular formula is C27H27ClN2O6. The molecule has 0 saturated heterocycles. The van der Waals surface area contributed by atoms with Gasteiger partial charge in [0.05, 0.1) is 25.0 Å². The number of esters is 1. The van der Waals surface area contributed by atoms with Gasteiger partial charge in [-0.1, -0.05) is 11.6 Å². The van der Waals surface area contributed by atoms with Gasteiger partial charge in [-0.15, -0.1) is 0 Å². The van der Waals surface area contributed by atoms with E-state index in [1.807, 2.05) is 13.8 Å². The number of benzene rings is 3. The van der Waals surface area contributed by atoms with Crippen molar-refractivity contribution in [2.45, 2.75) is 26.9 Å². The van der Waals surface area contributed by atoms with Gasteiger partial charge in [0.25, 0.3) is 5.91 Å². The lowest BCUT2D eigenvalue weighted by Gasteiger charge is -2.13. The minimum absolute atomic E-state index is 0.266. The van der Waals surface area contributed by atoms with Gasteiger partial charge in [-0.05, 0) is 93.1 Å². The third kappa shape index (κ3) is 7.74. The molecule has 1 N–H and O–H groups in total. The quantitative estimate of drug-likeness (QED) is 0.163. The van der Waals surface area contributed by atoms with E-state index >= 15 is 0 Å². The minimum atomic E-state index is -0.772. The van der Waals surface area contributed by atoms with Gasteiger partial charge < -0.3 is 18.9 Å². The molecule has 3 rings (SSSR count). The summed E-state index contributed by atoms with van der Waals surface area (Å²) in [6, 6.07) is 18.3. The first-order chi connectivity index (χ1) is 17.4. The number of rotatable bonds is 11. The van der Waals surface area contributed by atoms with Crippen LogP contribution in [0.25, 0.3) is 0 Å². The van der Waals surface area contributed by atoms with Crippen LogP contribution < -0.4 is 24.4 Å².